The highest BCUT2D eigenvalue weighted by molar-refractivity contribution is 6.29. The van der Waals surface area contributed by atoms with Crippen LogP contribution in [0.1, 0.15) is 24.5 Å². The number of hydrogen-bond donors (Lipinski definition) is 3. The second-order valence-electron chi connectivity index (χ2n) is 6.56. The Hall–Kier alpha value is -3.74. The quantitative estimate of drug-likeness (QED) is 0.419. The second-order valence-corrected chi connectivity index (χ2v) is 6.94. The molecule has 1 aromatic carbocycles. The Morgan fingerprint density at radius 1 is 1.27 bits per heavy atom. The van der Waals surface area contributed by atoms with Gasteiger partial charge in [0.2, 0.25) is 0 Å². The summed E-state index contributed by atoms with van der Waals surface area (Å²) in [6, 6.07) is 13.1. The average molecular weight is 421 g/mol. The molecule has 0 bridgehead atoms. The number of hydrogen-bond acceptors (Lipinski definition) is 8. The normalized spacial score (nSPS) is 13.0. The van der Waals surface area contributed by atoms with Crippen molar-refractivity contribution in [1.82, 2.24) is 24.6 Å². The van der Waals surface area contributed by atoms with E-state index in [2.05, 4.69) is 25.4 Å². The third-order valence-electron chi connectivity index (χ3n) is 4.77. The van der Waals surface area contributed by atoms with Gasteiger partial charge in [0.15, 0.2) is 22.3 Å². The van der Waals surface area contributed by atoms with E-state index in [1.807, 2.05) is 36.4 Å². The first-order valence-electron chi connectivity index (χ1n) is 9.08. The number of nitrogen functional groups attached to an aromatic ring is 1. The molecule has 0 amide bonds. The summed E-state index contributed by atoms with van der Waals surface area (Å²) in [4.78, 5) is 12.2. The Bertz CT molecular complexity index is 1270. The molecule has 30 heavy (non-hydrogen) atoms. The third kappa shape index (κ3) is 3.28. The van der Waals surface area contributed by atoms with Crippen molar-refractivity contribution >= 4 is 28.9 Å². The van der Waals surface area contributed by atoms with E-state index in [-0.39, 0.29) is 23.6 Å². The molecule has 0 aliphatic carbocycles. The van der Waals surface area contributed by atoms with Gasteiger partial charge in [-0.05, 0) is 12.5 Å². The number of aromatic nitrogens is 5. The van der Waals surface area contributed by atoms with Crippen LogP contribution >= 0.6 is 11.6 Å². The van der Waals surface area contributed by atoms with E-state index in [1.165, 1.54) is 17.0 Å². The summed E-state index contributed by atoms with van der Waals surface area (Å²) in [6.45, 7) is 1.79. The minimum absolute atomic E-state index is 0.0188. The topological polar surface area (TPSA) is 138 Å². The van der Waals surface area contributed by atoms with Gasteiger partial charge in [0, 0.05) is 11.1 Å². The van der Waals surface area contributed by atoms with E-state index in [9.17, 15) is 10.4 Å². The van der Waals surface area contributed by atoms with E-state index in [4.69, 9.17) is 17.3 Å². The lowest BCUT2D eigenvalue weighted by Gasteiger charge is -2.31. The van der Waals surface area contributed by atoms with E-state index in [0.717, 1.165) is 5.56 Å². The zero-order chi connectivity index (χ0) is 21.3. The lowest BCUT2D eigenvalue weighted by Crippen LogP contribution is -2.36. The fraction of sp³-hybridized carbons (Fsp3) is 0.150. The summed E-state index contributed by atoms with van der Waals surface area (Å²) >= 11 is 6.21. The largest absolute Gasteiger partial charge is 0.382 e. The Morgan fingerprint density at radius 3 is 2.73 bits per heavy atom. The van der Waals surface area contributed by atoms with E-state index in [0.29, 0.717) is 22.1 Å². The van der Waals surface area contributed by atoms with Crippen molar-refractivity contribution in [2.45, 2.75) is 19.1 Å². The molecule has 0 saturated carbocycles. The molecular weight excluding hydrogens is 404 g/mol. The molecule has 0 aliphatic heterocycles. The molecule has 150 valence electrons. The summed E-state index contributed by atoms with van der Waals surface area (Å²) in [6.07, 6.45) is 2.94. The summed E-state index contributed by atoms with van der Waals surface area (Å²) in [7, 11) is 0. The van der Waals surface area contributed by atoms with Crippen molar-refractivity contribution in [3.63, 3.8) is 0 Å². The fourth-order valence-corrected chi connectivity index (χ4v) is 3.33. The second kappa shape index (κ2) is 7.59. The lowest BCUT2D eigenvalue weighted by molar-refractivity contribution is 0.0629. The molecule has 3 aromatic heterocycles. The number of fused-ring (bicyclic) bond motifs is 1. The maximum atomic E-state index is 11.6. The number of nitrogens with one attached hydrogen (secondary N) is 1. The van der Waals surface area contributed by atoms with Gasteiger partial charge >= 0.3 is 0 Å². The first-order chi connectivity index (χ1) is 14.5. The molecular formula is C20H17ClN8O. The number of halogens is 1. The van der Waals surface area contributed by atoms with Crippen molar-refractivity contribution in [2.24, 2.45) is 0 Å². The van der Waals surface area contributed by atoms with Crippen molar-refractivity contribution in [2.75, 3.05) is 11.1 Å². The Balaban J connectivity index is 1.94. The average Bonchev–Trinajstić information content (AvgIpc) is 3.13. The molecule has 0 radical (unpaired) electrons. The van der Waals surface area contributed by atoms with Crippen LogP contribution in [0.5, 0.6) is 0 Å². The molecule has 0 unspecified atom stereocenters. The lowest BCUT2D eigenvalue weighted by atomic mass is 9.95. The number of nitriles is 1. The minimum Gasteiger partial charge on any atom is -0.382 e. The number of aliphatic hydroxyl groups is 1. The zero-order valence-electron chi connectivity index (χ0n) is 15.9. The highest BCUT2D eigenvalue weighted by Gasteiger charge is 2.33. The third-order valence-corrected chi connectivity index (χ3v) is 5.03. The van der Waals surface area contributed by atoms with Gasteiger partial charge < -0.3 is 16.2 Å². The molecule has 0 spiro atoms. The zero-order valence-corrected chi connectivity index (χ0v) is 16.7. The molecule has 4 rings (SSSR count). The van der Waals surface area contributed by atoms with Crippen molar-refractivity contribution in [3.05, 3.63) is 65.2 Å². The number of nitrogens with zero attached hydrogens (tertiary/aromatic N) is 6. The van der Waals surface area contributed by atoms with E-state index in [1.54, 1.807) is 13.0 Å². The predicted molar refractivity (Wildman–Crippen MR) is 112 cm³/mol. The maximum absolute atomic E-state index is 11.6. The Kier molecular flexibility index (Phi) is 4.95. The van der Waals surface area contributed by atoms with Crippen LogP contribution in [0, 0.1) is 11.3 Å². The maximum Gasteiger partial charge on any atom is 0.165 e. The van der Waals surface area contributed by atoms with Gasteiger partial charge in [-0.3, -0.25) is 0 Å². The van der Waals surface area contributed by atoms with Crippen LogP contribution in [-0.4, -0.2) is 29.7 Å². The van der Waals surface area contributed by atoms with Crippen LogP contribution in [0.25, 0.3) is 16.9 Å². The van der Waals surface area contributed by atoms with Crippen molar-refractivity contribution in [3.8, 4) is 17.3 Å². The van der Waals surface area contributed by atoms with Gasteiger partial charge in [0.05, 0.1) is 11.9 Å². The van der Waals surface area contributed by atoms with E-state index < -0.39 is 5.72 Å². The number of rotatable bonds is 5. The van der Waals surface area contributed by atoms with Crippen LogP contribution in [0.4, 0.5) is 11.6 Å². The molecule has 0 aliphatic rings. The fourth-order valence-electron chi connectivity index (χ4n) is 3.16. The van der Waals surface area contributed by atoms with Crippen LogP contribution in [0.2, 0.25) is 5.15 Å². The standard InChI is InChI=1S/C20H17ClN8O/c1-2-20(30,27-19-13(9-22)18(23)25-11-26-19)14-8-16-24-10-15(21)29(16)28-17(14)12-6-4-3-5-7-12/h3-8,10-11,30H,2H2,1H3,(H3,23,25,26,27)/t20-/m0/s1. The predicted octanol–water partition coefficient (Wildman–Crippen LogP) is 2.96. The van der Waals surface area contributed by atoms with Gasteiger partial charge in [-0.25, -0.2) is 19.5 Å². The highest BCUT2D eigenvalue weighted by atomic mass is 35.5. The van der Waals surface area contributed by atoms with Crippen molar-refractivity contribution < 1.29 is 5.11 Å². The molecule has 0 saturated heterocycles. The molecule has 1 atom stereocenters. The smallest absolute Gasteiger partial charge is 0.165 e. The summed E-state index contributed by atoms with van der Waals surface area (Å²) in [5, 5.41) is 29.0. The molecule has 4 N–H and O–H groups in total. The van der Waals surface area contributed by atoms with Crippen molar-refractivity contribution in [1.29, 1.82) is 5.26 Å². The molecule has 10 heteroatoms. The van der Waals surface area contributed by atoms with Gasteiger partial charge in [-0.1, -0.05) is 48.9 Å². The molecule has 4 aromatic rings. The number of anilines is 2. The molecule has 3 heterocycles. The molecule has 0 fully saturated rings. The summed E-state index contributed by atoms with van der Waals surface area (Å²) in [5.74, 6) is 0.139. The summed E-state index contributed by atoms with van der Waals surface area (Å²) < 4.78 is 1.49. The molecule has 9 nitrogen and oxygen atoms in total. The van der Waals surface area contributed by atoms with Gasteiger partial charge in [0.1, 0.15) is 23.8 Å². The number of nitrogens with two attached hydrogens (primary N) is 1. The Morgan fingerprint density at radius 2 is 2.03 bits per heavy atom. The summed E-state index contributed by atoms with van der Waals surface area (Å²) in [5.41, 5.74) is 6.39. The first-order valence-corrected chi connectivity index (χ1v) is 9.46. The van der Waals surface area contributed by atoms with Crippen LogP contribution in [0.3, 0.4) is 0 Å². The first kappa shape index (κ1) is 19.6. The SMILES string of the molecule is CC[C@@](O)(Nc1ncnc(N)c1C#N)c1cc2ncc(Cl)n2nc1-c1ccccc1. The Labute approximate surface area is 176 Å². The van der Waals surface area contributed by atoms with E-state index >= 15 is 0 Å². The van der Waals surface area contributed by atoms with Gasteiger partial charge in [0.25, 0.3) is 0 Å². The minimum atomic E-state index is -1.63. The van der Waals surface area contributed by atoms with Gasteiger partial charge in [-0.2, -0.15) is 10.4 Å². The van der Waals surface area contributed by atoms with Crippen LogP contribution in [-0.2, 0) is 5.72 Å². The van der Waals surface area contributed by atoms with Crippen LogP contribution < -0.4 is 11.1 Å². The number of imidazole rings is 1. The highest BCUT2D eigenvalue weighted by Crippen LogP contribution is 2.35. The van der Waals surface area contributed by atoms with Gasteiger partial charge in [-0.15, -0.1) is 0 Å². The van der Waals surface area contributed by atoms with Crippen LogP contribution in [0.15, 0.2) is 48.9 Å². The monoisotopic (exact) mass is 420 g/mol. The number of benzene rings is 1.